The molecule has 0 atom stereocenters. The van der Waals surface area contributed by atoms with Crippen molar-refractivity contribution in [2.24, 2.45) is 0 Å². The molecule has 0 spiro atoms. The van der Waals surface area contributed by atoms with Gasteiger partial charge in [-0.15, -0.1) is 0 Å². The monoisotopic (exact) mass is 378 g/mol. The zero-order valence-electron chi connectivity index (χ0n) is 16.5. The van der Waals surface area contributed by atoms with E-state index in [0.29, 0.717) is 5.65 Å². The number of fused-ring (bicyclic) bond motifs is 1. The van der Waals surface area contributed by atoms with Crippen molar-refractivity contribution in [1.82, 2.24) is 19.4 Å². The van der Waals surface area contributed by atoms with E-state index in [1.54, 1.807) is 6.20 Å². The van der Waals surface area contributed by atoms with Crippen LogP contribution in [0.2, 0.25) is 0 Å². The number of nitrogens with zero attached hydrogens (tertiary/aromatic N) is 5. The summed E-state index contributed by atoms with van der Waals surface area (Å²) >= 11 is 0. The molecule has 7 heteroatoms. The number of rotatable bonds is 5. The van der Waals surface area contributed by atoms with E-state index in [0.717, 1.165) is 22.2 Å². The SMILES string of the molecule is CN(C)C=C(C=[N+](C)C)c1ncnc2c1ccn2C(=O)OCc1ccccc1. The van der Waals surface area contributed by atoms with Gasteiger partial charge in [-0.1, -0.05) is 30.3 Å². The predicted octanol–water partition coefficient (Wildman–Crippen LogP) is 2.86. The van der Waals surface area contributed by atoms with E-state index in [2.05, 4.69) is 9.97 Å². The predicted molar refractivity (Wildman–Crippen MR) is 109 cm³/mol. The molecular weight excluding hydrogens is 354 g/mol. The molecule has 0 aliphatic carbocycles. The van der Waals surface area contributed by atoms with Crippen molar-refractivity contribution >= 4 is 28.9 Å². The van der Waals surface area contributed by atoms with E-state index < -0.39 is 6.09 Å². The lowest BCUT2D eigenvalue weighted by Gasteiger charge is -2.09. The van der Waals surface area contributed by atoms with E-state index in [4.69, 9.17) is 4.74 Å². The molecule has 0 saturated heterocycles. The van der Waals surface area contributed by atoms with Crippen LogP contribution in [-0.4, -0.2) is 64.5 Å². The maximum atomic E-state index is 12.6. The highest BCUT2D eigenvalue weighted by Crippen LogP contribution is 2.22. The van der Waals surface area contributed by atoms with Crippen LogP contribution in [0, 0.1) is 0 Å². The van der Waals surface area contributed by atoms with E-state index >= 15 is 0 Å². The Morgan fingerprint density at radius 1 is 1.18 bits per heavy atom. The van der Waals surface area contributed by atoms with E-state index in [-0.39, 0.29) is 6.61 Å². The molecule has 28 heavy (non-hydrogen) atoms. The minimum Gasteiger partial charge on any atom is -0.444 e. The smallest absolute Gasteiger partial charge is 0.420 e. The summed E-state index contributed by atoms with van der Waals surface area (Å²) in [6.07, 6.45) is 6.61. The van der Waals surface area contributed by atoms with Gasteiger partial charge in [0.1, 0.15) is 27.0 Å². The summed E-state index contributed by atoms with van der Waals surface area (Å²) in [6, 6.07) is 11.4. The lowest BCUT2D eigenvalue weighted by molar-refractivity contribution is -0.458. The zero-order chi connectivity index (χ0) is 20.1. The van der Waals surface area contributed by atoms with Gasteiger partial charge in [-0.2, -0.15) is 0 Å². The minimum atomic E-state index is -0.474. The van der Waals surface area contributed by atoms with E-state index in [1.807, 2.05) is 86.5 Å². The second-order valence-corrected chi connectivity index (χ2v) is 6.83. The van der Waals surface area contributed by atoms with Gasteiger partial charge >= 0.3 is 6.09 Å². The number of ether oxygens (including phenoxy) is 1. The number of aromatic nitrogens is 3. The van der Waals surface area contributed by atoms with Gasteiger partial charge in [-0.25, -0.2) is 23.9 Å². The molecule has 3 rings (SSSR count). The number of benzene rings is 1. The first-order valence-corrected chi connectivity index (χ1v) is 8.88. The fourth-order valence-corrected chi connectivity index (χ4v) is 2.83. The summed E-state index contributed by atoms with van der Waals surface area (Å²) in [7, 11) is 7.81. The van der Waals surface area contributed by atoms with Crippen LogP contribution in [0.15, 0.2) is 55.1 Å². The molecule has 1 aromatic carbocycles. The van der Waals surface area contributed by atoms with Crippen molar-refractivity contribution in [3.05, 3.63) is 66.4 Å². The van der Waals surface area contributed by atoms with Crippen LogP contribution in [0.4, 0.5) is 4.79 Å². The van der Waals surface area contributed by atoms with Gasteiger partial charge in [-0.05, 0) is 11.6 Å². The average Bonchev–Trinajstić information content (AvgIpc) is 3.10. The van der Waals surface area contributed by atoms with Crippen LogP contribution in [0.3, 0.4) is 0 Å². The normalized spacial score (nSPS) is 11.4. The van der Waals surface area contributed by atoms with Gasteiger partial charge in [-0.3, -0.25) is 0 Å². The number of hydrogen-bond donors (Lipinski definition) is 0. The molecular formula is C21H24N5O2+. The molecule has 0 N–H and O–H groups in total. The molecule has 0 bridgehead atoms. The lowest BCUT2D eigenvalue weighted by atomic mass is 10.1. The zero-order valence-corrected chi connectivity index (χ0v) is 16.5. The first-order chi connectivity index (χ1) is 13.5. The molecule has 0 aliphatic rings. The Hall–Kier alpha value is -3.48. The summed E-state index contributed by atoms with van der Waals surface area (Å²) in [5.74, 6) is 0. The maximum absolute atomic E-state index is 12.6. The number of carbonyl (C=O) groups is 1. The van der Waals surface area contributed by atoms with Crippen LogP contribution in [0.25, 0.3) is 16.6 Å². The summed E-state index contributed by atoms with van der Waals surface area (Å²) in [4.78, 5) is 23.3. The summed E-state index contributed by atoms with van der Waals surface area (Å²) in [5.41, 5.74) is 3.11. The third-order valence-corrected chi connectivity index (χ3v) is 3.95. The average molecular weight is 378 g/mol. The standard InChI is InChI=1S/C21H24N5O2/c1-24(2)12-17(13-25(3)4)19-18-10-11-26(20(18)23-15-22-19)21(27)28-14-16-8-6-5-7-9-16/h5-13,15H,14H2,1-4H3/q+1. The quantitative estimate of drug-likeness (QED) is 0.505. The molecule has 7 nitrogen and oxygen atoms in total. The fraction of sp³-hybridized carbons (Fsp3) is 0.238. The van der Waals surface area contributed by atoms with Crippen LogP contribution >= 0.6 is 0 Å². The highest BCUT2D eigenvalue weighted by molar-refractivity contribution is 6.11. The van der Waals surface area contributed by atoms with Crippen molar-refractivity contribution in [3.8, 4) is 0 Å². The van der Waals surface area contributed by atoms with Gasteiger partial charge in [0.15, 0.2) is 11.9 Å². The number of carbonyl (C=O) groups excluding carboxylic acids is 1. The van der Waals surface area contributed by atoms with Crippen LogP contribution in [-0.2, 0) is 11.3 Å². The van der Waals surface area contributed by atoms with Crippen molar-refractivity contribution in [2.45, 2.75) is 6.61 Å². The summed E-state index contributed by atoms with van der Waals surface area (Å²) < 4.78 is 8.80. The Labute approximate surface area is 164 Å². The summed E-state index contributed by atoms with van der Waals surface area (Å²) in [5, 5.41) is 0.783. The third-order valence-electron chi connectivity index (χ3n) is 3.95. The van der Waals surface area contributed by atoms with Crippen LogP contribution in [0.1, 0.15) is 11.3 Å². The molecule has 0 aliphatic heterocycles. The highest BCUT2D eigenvalue weighted by Gasteiger charge is 2.17. The molecule has 0 unspecified atom stereocenters. The topological polar surface area (TPSA) is 63.3 Å². The minimum absolute atomic E-state index is 0.206. The van der Waals surface area contributed by atoms with Crippen molar-refractivity contribution in [3.63, 3.8) is 0 Å². The highest BCUT2D eigenvalue weighted by atomic mass is 16.5. The van der Waals surface area contributed by atoms with Crippen molar-refractivity contribution < 1.29 is 14.1 Å². The molecule has 2 heterocycles. The van der Waals surface area contributed by atoms with Gasteiger partial charge in [0.05, 0.1) is 11.3 Å². The maximum Gasteiger partial charge on any atom is 0.420 e. The third kappa shape index (κ3) is 4.43. The Balaban J connectivity index is 1.94. The fourth-order valence-electron chi connectivity index (χ4n) is 2.83. The first-order valence-electron chi connectivity index (χ1n) is 8.88. The van der Waals surface area contributed by atoms with Gasteiger partial charge in [0.2, 0.25) is 0 Å². The Morgan fingerprint density at radius 2 is 1.93 bits per heavy atom. The molecule has 0 amide bonds. The van der Waals surface area contributed by atoms with Gasteiger partial charge < -0.3 is 9.64 Å². The summed E-state index contributed by atoms with van der Waals surface area (Å²) in [6.45, 7) is 0.206. The van der Waals surface area contributed by atoms with Crippen LogP contribution in [0.5, 0.6) is 0 Å². The molecule has 0 saturated carbocycles. The molecule has 2 aromatic heterocycles. The lowest BCUT2D eigenvalue weighted by Crippen LogP contribution is -2.13. The van der Waals surface area contributed by atoms with E-state index in [1.165, 1.54) is 10.9 Å². The molecule has 144 valence electrons. The molecule has 3 aromatic rings. The van der Waals surface area contributed by atoms with Crippen molar-refractivity contribution in [1.29, 1.82) is 0 Å². The molecule has 0 fully saturated rings. The Bertz CT molecular complexity index is 1030. The number of hydrogen-bond acceptors (Lipinski definition) is 5. The largest absolute Gasteiger partial charge is 0.444 e. The van der Waals surface area contributed by atoms with Crippen LogP contribution < -0.4 is 0 Å². The van der Waals surface area contributed by atoms with Gasteiger partial charge in [0, 0.05) is 31.9 Å². The van der Waals surface area contributed by atoms with Crippen molar-refractivity contribution in [2.75, 3.05) is 28.2 Å². The van der Waals surface area contributed by atoms with Gasteiger partial charge in [0.25, 0.3) is 0 Å². The Kier molecular flexibility index (Phi) is 5.84. The number of allylic oxidation sites excluding steroid dienone is 1. The Morgan fingerprint density at radius 3 is 2.61 bits per heavy atom. The second kappa shape index (κ2) is 8.47. The molecule has 0 radical (unpaired) electrons. The van der Waals surface area contributed by atoms with E-state index in [9.17, 15) is 4.79 Å². The second-order valence-electron chi connectivity index (χ2n) is 6.83. The first kappa shape index (κ1) is 19.3.